The van der Waals surface area contributed by atoms with Crippen LogP contribution in [0.5, 0.6) is 0 Å². The molecule has 0 bridgehead atoms. The molecule has 1 aliphatic rings. The molecule has 3 amide bonds. The number of anilines is 3. The van der Waals surface area contributed by atoms with E-state index >= 15 is 0 Å². The molecule has 0 radical (unpaired) electrons. The third-order valence-electron chi connectivity index (χ3n) is 4.89. The van der Waals surface area contributed by atoms with Gasteiger partial charge in [0.15, 0.2) is 5.13 Å². The van der Waals surface area contributed by atoms with Crippen LogP contribution in [0.2, 0.25) is 0 Å². The van der Waals surface area contributed by atoms with Crippen LogP contribution >= 0.6 is 11.3 Å². The summed E-state index contributed by atoms with van der Waals surface area (Å²) in [6, 6.07) is 15.3. The number of fused-ring (bicyclic) bond motifs is 1. The lowest BCUT2D eigenvalue weighted by atomic mass is 10.1. The lowest BCUT2D eigenvalue weighted by Gasteiger charge is -2.22. The Hall–Kier alpha value is -3.19. The molecule has 29 heavy (non-hydrogen) atoms. The van der Waals surface area contributed by atoms with Gasteiger partial charge in [-0.15, -0.1) is 11.3 Å². The molecule has 2 heterocycles. The van der Waals surface area contributed by atoms with Crippen molar-refractivity contribution in [3.8, 4) is 0 Å². The van der Waals surface area contributed by atoms with Crippen molar-refractivity contribution < 1.29 is 9.59 Å². The van der Waals surface area contributed by atoms with Crippen LogP contribution in [0.25, 0.3) is 0 Å². The first-order valence-electron chi connectivity index (χ1n) is 9.48. The minimum absolute atomic E-state index is 0.0170. The van der Waals surface area contributed by atoms with Crippen LogP contribution in [0.3, 0.4) is 0 Å². The van der Waals surface area contributed by atoms with Gasteiger partial charge in [0.2, 0.25) is 5.91 Å². The monoisotopic (exact) mass is 406 g/mol. The van der Waals surface area contributed by atoms with E-state index in [9.17, 15) is 9.59 Å². The van der Waals surface area contributed by atoms with Crippen LogP contribution in [-0.4, -0.2) is 23.0 Å². The molecule has 6 nitrogen and oxygen atoms in total. The van der Waals surface area contributed by atoms with Gasteiger partial charge in [-0.3, -0.25) is 10.1 Å². The van der Waals surface area contributed by atoms with Gasteiger partial charge < -0.3 is 10.2 Å². The molecule has 3 aromatic rings. The van der Waals surface area contributed by atoms with Crippen LogP contribution in [0.15, 0.2) is 53.9 Å². The van der Waals surface area contributed by atoms with Gasteiger partial charge in [-0.25, -0.2) is 9.78 Å². The van der Waals surface area contributed by atoms with Gasteiger partial charge >= 0.3 is 6.03 Å². The number of carbonyl (C=O) groups excluding carboxylic acids is 2. The number of thiazole rings is 1. The summed E-state index contributed by atoms with van der Waals surface area (Å²) >= 11 is 1.31. The van der Waals surface area contributed by atoms with E-state index in [1.807, 2.05) is 59.7 Å². The van der Waals surface area contributed by atoms with Gasteiger partial charge in [-0.05, 0) is 44.0 Å². The zero-order valence-electron chi connectivity index (χ0n) is 16.3. The molecule has 0 fully saturated rings. The second-order valence-corrected chi connectivity index (χ2v) is 8.07. The summed E-state index contributed by atoms with van der Waals surface area (Å²) in [7, 11) is 0. The number of aryl methyl sites for hydroxylation is 1. The molecule has 0 saturated heterocycles. The molecule has 0 spiro atoms. The number of nitrogens with zero attached hydrogens (tertiary/aromatic N) is 2. The highest BCUT2D eigenvalue weighted by Crippen LogP contribution is 2.32. The van der Waals surface area contributed by atoms with Crippen molar-refractivity contribution in [1.29, 1.82) is 0 Å². The number of benzene rings is 2. The molecule has 7 heteroatoms. The summed E-state index contributed by atoms with van der Waals surface area (Å²) < 4.78 is 0. The van der Waals surface area contributed by atoms with Crippen molar-refractivity contribution >= 4 is 39.8 Å². The van der Waals surface area contributed by atoms with Crippen LogP contribution in [0, 0.1) is 6.92 Å². The second kappa shape index (κ2) is 8.05. The van der Waals surface area contributed by atoms with Crippen molar-refractivity contribution in [2.75, 3.05) is 15.5 Å². The molecule has 148 valence electrons. The maximum atomic E-state index is 12.9. The first-order chi connectivity index (χ1) is 14.0. The Morgan fingerprint density at radius 2 is 1.90 bits per heavy atom. The maximum absolute atomic E-state index is 12.9. The Balaban J connectivity index is 1.37. The van der Waals surface area contributed by atoms with Crippen molar-refractivity contribution in [3.63, 3.8) is 0 Å². The van der Waals surface area contributed by atoms with Crippen molar-refractivity contribution in [2.24, 2.45) is 0 Å². The Bertz CT molecular complexity index is 1040. The van der Waals surface area contributed by atoms with Crippen molar-refractivity contribution in [2.45, 2.75) is 32.7 Å². The van der Waals surface area contributed by atoms with Crippen LogP contribution < -0.4 is 15.5 Å². The zero-order valence-corrected chi connectivity index (χ0v) is 17.1. The molecule has 1 aliphatic heterocycles. The van der Waals surface area contributed by atoms with Gasteiger partial charge in [-0.1, -0.05) is 35.9 Å². The number of amides is 3. The predicted molar refractivity (Wildman–Crippen MR) is 117 cm³/mol. The maximum Gasteiger partial charge on any atom is 0.325 e. The predicted octanol–water partition coefficient (Wildman–Crippen LogP) is 4.62. The molecule has 4 rings (SSSR count). The van der Waals surface area contributed by atoms with E-state index in [0.717, 1.165) is 17.7 Å². The van der Waals surface area contributed by atoms with E-state index in [0.29, 0.717) is 16.5 Å². The second-order valence-electron chi connectivity index (χ2n) is 7.21. The fraction of sp³-hybridized carbons (Fsp3) is 0.227. The Morgan fingerprint density at radius 1 is 1.14 bits per heavy atom. The molecule has 1 aromatic heterocycles. The quantitative estimate of drug-likeness (QED) is 0.664. The largest absolute Gasteiger partial charge is 0.325 e. The molecule has 0 aliphatic carbocycles. The SMILES string of the molecule is Cc1ccc(NC(=O)Nc2nc(CC(=O)N3c4ccccc4CC3C)cs2)cc1. The number of carbonyl (C=O) groups is 2. The topological polar surface area (TPSA) is 74.3 Å². The third kappa shape index (κ3) is 4.30. The number of urea groups is 1. The molecular weight excluding hydrogens is 384 g/mol. The minimum atomic E-state index is -0.358. The van der Waals surface area contributed by atoms with E-state index in [-0.39, 0.29) is 24.4 Å². The van der Waals surface area contributed by atoms with E-state index < -0.39 is 0 Å². The van der Waals surface area contributed by atoms with Gasteiger partial charge in [0.1, 0.15) is 0 Å². The highest BCUT2D eigenvalue weighted by molar-refractivity contribution is 7.14. The highest BCUT2D eigenvalue weighted by atomic mass is 32.1. The third-order valence-corrected chi connectivity index (χ3v) is 5.70. The van der Waals surface area contributed by atoms with Gasteiger partial charge in [0.25, 0.3) is 0 Å². The smallest absolute Gasteiger partial charge is 0.309 e. The lowest BCUT2D eigenvalue weighted by Crippen LogP contribution is -2.36. The van der Waals surface area contributed by atoms with E-state index in [1.54, 1.807) is 0 Å². The summed E-state index contributed by atoms with van der Waals surface area (Å²) in [4.78, 5) is 31.3. The molecule has 1 atom stereocenters. The molecule has 2 aromatic carbocycles. The summed E-state index contributed by atoms with van der Waals surface area (Å²) in [6.45, 7) is 4.05. The lowest BCUT2D eigenvalue weighted by molar-refractivity contribution is -0.118. The Kier molecular flexibility index (Phi) is 5.31. The Morgan fingerprint density at radius 3 is 2.69 bits per heavy atom. The summed E-state index contributed by atoms with van der Waals surface area (Å²) in [6.07, 6.45) is 1.07. The Labute approximate surface area is 173 Å². The molecule has 0 saturated carbocycles. The highest BCUT2D eigenvalue weighted by Gasteiger charge is 2.30. The standard InChI is InChI=1S/C22H22N4O2S/c1-14-7-9-17(10-8-14)23-21(28)25-22-24-18(13-29-22)12-20(27)26-15(2)11-16-5-3-4-6-19(16)26/h3-10,13,15H,11-12H2,1-2H3,(H2,23,24,25,28). The van der Waals surface area contributed by atoms with Gasteiger partial charge in [0.05, 0.1) is 12.1 Å². The molecular formula is C22H22N4O2S. The van der Waals surface area contributed by atoms with E-state index in [4.69, 9.17) is 0 Å². The molecule has 2 N–H and O–H groups in total. The summed E-state index contributed by atoms with van der Waals surface area (Å²) in [5.41, 5.74) is 4.67. The van der Waals surface area contributed by atoms with Crippen molar-refractivity contribution in [3.05, 3.63) is 70.7 Å². The summed E-state index contributed by atoms with van der Waals surface area (Å²) in [5.74, 6) is 0.0170. The molecule has 1 unspecified atom stereocenters. The van der Waals surface area contributed by atoms with Crippen LogP contribution in [0.4, 0.5) is 21.3 Å². The van der Waals surface area contributed by atoms with Gasteiger partial charge in [-0.2, -0.15) is 0 Å². The zero-order chi connectivity index (χ0) is 20.4. The summed E-state index contributed by atoms with van der Waals surface area (Å²) in [5, 5.41) is 7.77. The first-order valence-corrected chi connectivity index (χ1v) is 10.4. The first kappa shape index (κ1) is 19.1. The van der Waals surface area contributed by atoms with E-state index in [2.05, 4.69) is 28.6 Å². The average Bonchev–Trinajstić information content (AvgIpc) is 3.26. The number of aromatic nitrogens is 1. The number of hydrogen-bond acceptors (Lipinski definition) is 4. The number of rotatable bonds is 4. The van der Waals surface area contributed by atoms with Gasteiger partial charge in [0, 0.05) is 22.8 Å². The fourth-order valence-electron chi connectivity index (χ4n) is 3.53. The number of hydrogen-bond donors (Lipinski definition) is 2. The fourth-order valence-corrected chi connectivity index (χ4v) is 4.23. The van der Waals surface area contributed by atoms with Crippen molar-refractivity contribution in [1.82, 2.24) is 4.98 Å². The number of nitrogens with one attached hydrogen (secondary N) is 2. The number of para-hydroxylation sites is 1. The van der Waals surface area contributed by atoms with Crippen LogP contribution in [-0.2, 0) is 17.6 Å². The normalized spacial score (nSPS) is 15.1. The van der Waals surface area contributed by atoms with Crippen LogP contribution in [0.1, 0.15) is 23.7 Å². The minimum Gasteiger partial charge on any atom is -0.309 e. The average molecular weight is 407 g/mol. The van der Waals surface area contributed by atoms with E-state index in [1.165, 1.54) is 16.9 Å².